The van der Waals surface area contributed by atoms with Crippen molar-refractivity contribution in [3.05, 3.63) is 86.2 Å². The summed E-state index contributed by atoms with van der Waals surface area (Å²) < 4.78 is 13.9. The number of hydrogen-bond donors (Lipinski definition) is 1. The molecule has 10 heteroatoms. The smallest absolute Gasteiger partial charge is 0.353 e. The number of carbonyl (C=O) groups is 1. The third kappa shape index (κ3) is 5.76. The molecule has 3 aromatic rings. The molecule has 1 fully saturated rings. The summed E-state index contributed by atoms with van der Waals surface area (Å²) in [5.74, 6) is 6.39. The van der Waals surface area contributed by atoms with Crippen LogP contribution < -0.4 is 27.6 Å². The number of nitrogens with zero attached hydrogens (tertiary/aromatic N) is 4. The van der Waals surface area contributed by atoms with E-state index in [-0.39, 0.29) is 37.8 Å². The number of nitrogens with two attached hydrogens (primary N) is 1. The van der Waals surface area contributed by atoms with E-state index in [1.165, 1.54) is 11.0 Å². The van der Waals surface area contributed by atoms with Crippen molar-refractivity contribution in [2.75, 3.05) is 12.4 Å². The predicted molar refractivity (Wildman–Crippen MR) is 135 cm³/mol. The standard InChI is InChI=1S/C26H31N5O5/c1-3-35-23(32)15-16-29-25(33)30(17-19-9-7-18(2)8-10-19)24(31(27)26(29)34)28-20-11-13-22(14-12-20)36-21-5-4-6-21/h7-14,21H,3-6,15-17,27H2,1-2H3/b28-24-. The van der Waals surface area contributed by atoms with Gasteiger partial charge in [0.2, 0.25) is 5.62 Å². The SMILES string of the molecule is CCOC(=O)CCn1c(=O)n(N)/c(=N\c2ccc(OC3CCC3)cc2)n(Cc2ccc(C)cc2)c1=O. The zero-order valence-corrected chi connectivity index (χ0v) is 20.6. The monoisotopic (exact) mass is 493 g/mol. The summed E-state index contributed by atoms with van der Waals surface area (Å²) in [6.45, 7) is 3.85. The summed E-state index contributed by atoms with van der Waals surface area (Å²) in [5, 5.41) is 0. The van der Waals surface area contributed by atoms with Crippen LogP contribution in [0.5, 0.6) is 5.75 Å². The molecule has 10 nitrogen and oxygen atoms in total. The lowest BCUT2D eigenvalue weighted by Gasteiger charge is -2.26. The molecule has 0 unspecified atom stereocenters. The Labute approximate surface area is 208 Å². The quantitative estimate of drug-likeness (QED) is 0.359. The van der Waals surface area contributed by atoms with Crippen LogP contribution in [0.2, 0.25) is 0 Å². The van der Waals surface area contributed by atoms with Crippen LogP contribution in [0.25, 0.3) is 0 Å². The van der Waals surface area contributed by atoms with Crippen molar-refractivity contribution in [3.63, 3.8) is 0 Å². The Morgan fingerprint density at radius 3 is 2.33 bits per heavy atom. The predicted octanol–water partition coefficient (Wildman–Crippen LogP) is 2.00. The molecular formula is C26H31N5O5. The number of carbonyl (C=O) groups excluding carboxylic acids is 1. The normalized spacial score (nSPS) is 13.9. The number of hydrogen-bond acceptors (Lipinski definition) is 7. The minimum Gasteiger partial charge on any atom is -0.490 e. The van der Waals surface area contributed by atoms with E-state index in [0.29, 0.717) is 5.69 Å². The van der Waals surface area contributed by atoms with Crippen molar-refractivity contribution >= 4 is 11.7 Å². The average molecular weight is 494 g/mol. The lowest BCUT2D eigenvalue weighted by Crippen LogP contribution is -2.57. The van der Waals surface area contributed by atoms with Gasteiger partial charge >= 0.3 is 17.3 Å². The molecule has 4 rings (SSSR count). The molecule has 1 saturated carbocycles. The van der Waals surface area contributed by atoms with Gasteiger partial charge in [0.1, 0.15) is 5.75 Å². The Bertz CT molecular complexity index is 1400. The number of nitrogen functional groups attached to an aromatic ring is 1. The average Bonchev–Trinajstić information content (AvgIpc) is 2.84. The second kappa shape index (κ2) is 11.1. The van der Waals surface area contributed by atoms with Crippen LogP contribution in [0, 0.1) is 6.92 Å². The Balaban J connectivity index is 1.75. The third-order valence-electron chi connectivity index (χ3n) is 6.08. The molecule has 0 bridgehead atoms. The fourth-order valence-electron chi connectivity index (χ4n) is 3.81. The number of benzene rings is 2. The molecule has 2 aromatic carbocycles. The Kier molecular flexibility index (Phi) is 7.72. The number of aromatic nitrogens is 3. The molecule has 1 aliphatic rings. The van der Waals surface area contributed by atoms with E-state index < -0.39 is 17.3 Å². The molecule has 0 spiro atoms. The van der Waals surface area contributed by atoms with Gasteiger partial charge in [-0.25, -0.2) is 19.1 Å². The minimum absolute atomic E-state index is 0.00868. The summed E-state index contributed by atoms with van der Waals surface area (Å²) >= 11 is 0. The maximum atomic E-state index is 13.4. The molecule has 1 aliphatic carbocycles. The van der Waals surface area contributed by atoms with Gasteiger partial charge < -0.3 is 15.3 Å². The van der Waals surface area contributed by atoms with E-state index >= 15 is 0 Å². The van der Waals surface area contributed by atoms with Crippen LogP contribution in [0.4, 0.5) is 5.69 Å². The fraction of sp³-hybridized carbons (Fsp3) is 0.385. The fourth-order valence-corrected chi connectivity index (χ4v) is 3.81. The van der Waals surface area contributed by atoms with Crippen molar-refractivity contribution in [1.29, 1.82) is 0 Å². The number of esters is 1. The number of aryl methyl sites for hydroxylation is 1. The maximum absolute atomic E-state index is 13.4. The minimum atomic E-state index is -0.770. The first-order chi connectivity index (χ1) is 17.4. The topological polar surface area (TPSA) is 123 Å². The van der Waals surface area contributed by atoms with Gasteiger partial charge in [-0.2, -0.15) is 4.68 Å². The zero-order chi connectivity index (χ0) is 25.7. The molecule has 1 aromatic heterocycles. The number of rotatable bonds is 9. The molecule has 0 saturated heterocycles. The first-order valence-corrected chi connectivity index (χ1v) is 12.1. The first kappa shape index (κ1) is 25.0. The van der Waals surface area contributed by atoms with E-state index in [1.807, 2.05) is 31.2 Å². The van der Waals surface area contributed by atoms with Gasteiger partial charge in [0.05, 0.1) is 31.4 Å². The molecule has 1 heterocycles. The van der Waals surface area contributed by atoms with Crippen LogP contribution in [-0.4, -0.2) is 32.5 Å². The summed E-state index contributed by atoms with van der Waals surface area (Å²) in [7, 11) is 0. The second-order valence-corrected chi connectivity index (χ2v) is 8.79. The van der Waals surface area contributed by atoms with E-state index in [2.05, 4.69) is 4.99 Å². The van der Waals surface area contributed by atoms with Gasteiger partial charge in [0, 0.05) is 6.54 Å². The van der Waals surface area contributed by atoms with E-state index in [1.54, 1.807) is 31.2 Å². The van der Waals surface area contributed by atoms with Crippen molar-refractivity contribution in [3.8, 4) is 5.75 Å². The molecule has 0 radical (unpaired) electrons. The van der Waals surface area contributed by atoms with Gasteiger partial charge in [0.25, 0.3) is 0 Å². The van der Waals surface area contributed by atoms with Crippen molar-refractivity contribution in [2.24, 2.45) is 4.99 Å². The van der Waals surface area contributed by atoms with E-state index in [9.17, 15) is 14.4 Å². The van der Waals surface area contributed by atoms with Gasteiger partial charge in [-0.15, -0.1) is 0 Å². The van der Waals surface area contributed by atoms with Crippen LogP contribution in [0.1, 0.15) is 43.7 Å². The highest BCUT2D eigenvalue weighted by Gasteiger charge is 2.19. The van der Waals surface area contributed by atoms with Crippen molar-refractivity contribution < 1.29 is 14.3 Å². The van der Waals surface area contributed by atoms with Crippen LogP contribution in [-0.2, 0) is 22.6 Å². The molecule has 0 aliphatic heterocycles. The van der Waals surface area contributed by atoms with Crippen LogP contribution >= 0.6 is 0 Å². The van der Waals surface area contributed by atoms with E-state index in [0.717, 1.165) is 39.0 Å². The molecule has 0 amide bonds. The summed E-state index contributed by atoms with van der Waals surface area (Å²) in [6, 6.07) is 14.8. The first-order valence-electron chi connectivity index (χ1n) is 12.1. The molecule has 0 atom stereocenters. The summed E-state index contributed by atoms with van der Waals surface area (Å²) in [6.07, 6.45) is 3.40. The Morgan fingerprint density at radius 2 is 1.72 bits per heavy atom. The lowest BCUT2D eigenvalue weighted by molar-refractivity contribution is -0.143. The third-order valence-corrected chi connectivity index (χ3v) is 6.08. The van der Waals surface area contributed by atoms with Crippen LogP contribution in [0.15, 0.2) is 63.1 Å². The second-order valence-electron chi connectivity index (χ2n) is 8.79. The molecule has 2 N–H and O–H groups in total. The molecule has 190 valence electrons. The van der Waals surface area contributed by atoms with Crippen molar-refractivity contribution in [1.82, 2.24) is 13.8 Å². The van der Waals surface area contributed by atoms with Gasteiger partial charge in [-0.05, 0) is 62.9 Å². The molecular weight excluding hydrogens is 462 g/mol. The van der Waals surface area contributed by atoms with Gasteiger partial charge in [-0.1, -0.05) is 29.8 Å². The highest BCUT2D eigenvalue weighted by molar-refractivity contribution is 5.69. The molecule has 36 heavy (non-hydrogen) atoms. The highest BCUT2D eigenvalue weighted by Crippen LogP contribution is 2.26. The summed E-state index contributed by atoms with van der Waals surface area (Å²) in [4.78, 5) is 42.8. The van der Waals surface area contributed by atoms with Gasteiger partial charge in [-0.3, -0.25) is 9.36 Å². The van der Waals surface area contributed by atoms with E-state index in [4.69, 9.17) is 15.3 Å². The number of ether oxygens (including phenoxy) is 2. The van der Waals surface area contributed by atoms with Crippen molar-refractivity contribution in [2.45, 2.75) is 58.7 Å². The Hall–Kier alpha value is -4.08. The van der Waals surface area contributed by atoms with Crippen LogP contribution in [0.3, 0.4) is 0 Å². The Morgan fingerprint density at radius 1 is 1.03 bits per heavy atom. The summed E-state index contributed by atoms with van der Waals surface area (Å²) in [5.41, 5.74) is 1.03. The highest BCUT2D eigenvalue weighted by atomic mass is 16.5. The maximum Gasteiger partial charge on any atom is 0.353 e. The zero-order valence-electron chi connectivity index (χ0n) is 20.6. The lowest BCUT2D eigenvalue weighted by atomic mass is 9.96. The largest absolute Gasteiger partial charge is 0.490 e. The van der Waals surface area contributed by atoms with Gasteiger partial charge in [0.15, 0.2) is 0 Å².